The highest BCUT2D eigenvalue weighted by molar-refractivity contribution is 9.09. The zero-order valence-electron chi connectivity index (χ0n) is 11.8. The summed E-state index contributed by atoms with van der Waals surface area (Å²) in [5.41, 5.74) is 0.0810. The first kappa shape index (κ1) is 16.8. The fourth-order valence-electron chi connectivity index (χ4n) is 2.35. The van der Waals surface area contributed by atoms with E-state index in [1.807, 2.05) is 0 Å². The summed E-state index contributed by atoms with van der Waals surface area (Å²) in [6.07, 6.45) is -3.95. The Balaban J connectivity index is 2.73. The summed E-state index contributed by atoms with van der Waals surface area (Å²) in [5.74, 6) is -0.614. The number of carbonyl (C=O) groups excluding carboxylic acids is 1. The number of ether oxygens (including phenoxy) is 1. The molecular formula is C16H14BrF3O2. The van der Waals surface area contributed by atoms with Crippen LogP contribution >= 0.6 is 15.9 Å². The van der Waals surface area contributed by atoms with Gasteiger partial charge < -0.3 is 4.74 Å². The van der Waals surface area contributed by atoms with Crippen molar-refractivity contribution >= 4 is 32.7 Å². The molecule has 0 aliphatic heterocycles. The molecule has 0 aliphatic carbocycles. The van der Waals surface area contributed by atoms with Gasteiger partial charge in [-0.3, -0.25) is 0 Å². The van der Waals surface area contributed by atoms with E-state index in [0.29, 0.717) is 22.7 Å². The van der Waals surface area contributed by atoms with Gasteiger partial charge in [-0.1, -0.05) is 28.1 Å². The van der Waals surface area contributed by atoms with Crippen molar-refractivity contribution in [1.29, 1.82) is 0 Å². The Morgan fingerprint density at radius 3 is 2.55 bits per heavy atom. The van der Waals surface area contributed by atoms with Gasteiger partial charge in [-0.05, 0) is 47.9 Å². The fourth-order valence-corrected chi connectivity index (χ4v) is 2.78. The molecule has 0 unspecified atom stereocenters. The molecule has 118 valence electrons. The molecule has 2 aromatic rings. The molecule has 0 bridgehead atoms. The third kappa shape index (κ3) is 3.43. The van der Waals surface area contributed by atoms with Crippen LogP contribution in [0.1, 0.15) is 28.4 Å². The van der Waals surface area contributed by atoms with Crippen LogP contribution in [0, 0.1) is 0 Å². The van der Waals surface area contributed by atoms with Crippen LogP contribution in [0.4, 0.5) is 13.2 Å². The van der Waals surface area contributed by atoms with E-state index >= 15 is 0 Å². The molecule has 0 N–H and O–H groups in total. The third-order valence-corrected chi connectivity index (χ3v) is 3.66. The number of halogens is 4. The van der Waals surface area contributed by atoms with Gasteiger partial charge in [-0.15, -0.1) is 0 Å². The van der Waals surface area contributed by atoms with E-state index in [1.165, 1.54) is 12.1 Å². The number of alkyl halides is 4. The van der Waals surface area contributed by atoms with Crippen LogP contribution in [0.15, 0.2) is 30.3 Å². The molecule has 0 aliphatic rings. The molecule has 0 atom stereocenters. The molecule has 2 aromatic carbocycles. The Morgan fingerprint density at radius 1 is 1.23 bits per heavy atom. The minimum atomic E-state index is -4.47. The van der Waals surface area contributed by atoms with E-state index < -0.39 is 17.7 Å². The average Bonchev–Trinajstić information content (AvgIpc) is 2.46. The highest BCUT2D eigenvalue weighted by atomic mass is 79.9. The van der Waals surface area contributed by atoms with Crippen LogP contribution in [-0.2, 0) is 17.3 Å². The minimum absolute atomic E-state index is 0.0245. The number of rotatable bonds is 4. The second-order valence-electron chi connectivity index (χ2n) is 4.69. The maximum atomic E-state index is 13.2. The molecular weight excluding hydrogens is 361 g/mol. The highest BCUT2D eigenvalue weighted by Gasteiger charge is 2.33. The maximum Gasteiger partial charge on any atom is 0.417 e. The van der Waals surface area contributed by atoms with E-state index in [0.717, 1.165) is 6.07 Å². The molecule has 0 saturated carbocycles. The van der Waals surface area contributed by atoms with Crippen LogP contribution in [0.25, 0.3) is 10.8 Å². The highest BCUT2D eigenvalue weighted by Crippen LogP contribution is 2.36. The Labute approximate surface area is 134 Å². The summed E-state index contributed by atoms with van der Waals surface area (Å²) < 4.78 is 44.5. The normalized spacial score (nSPS) is 11.7. The Bertz CT molecular complexity index is 696. The smallest absolute Gasteiger partial charge is 0.417 e. The number of hydrogen-bond donors (Lipinski definition) is 0. The second kappa shape index (κ2) is 6.69. The molecule has 0 amide bonds. The van der Waals surface area contributed by atoms with Gasteiger partial charge in [0.1, 0.15) is 0 Å². The molecule has 0 heterocycles. The molecule has 6 heteroatoms. The fraction of sp³-hybridized carbons (Fsp3) is 0.312. The van der Waals surface area contributed by atoms with Gasteiger partial charge in [0.05, 0.1) is 17.7 Å². The Kier molecular flexibility index (Phi) is 5.11. The lowest BCUT2D eigenvalue weighted by Crippen LogP contribution is -2.09. The van der Waals surface area contributed by atoms with Gasteiger partial charge in [0.15, 0.2) is 0 Å². The van der Waals surface area contributed by atoms with Crippen molar-refractivity contribution in [2.75, 3.05) is 11.9 Å². The summed E-state index contributed by atoms with van der Waals surface area (Å²) in [7, 11) is 0. The van der Waals surface area contributed by atoms with E-state index in [1.54, 1.807) is 19.1 Å². The van der Waals surface area contributed by atoms with E-state index in [4.69, 9.17) is 4.74 Å². The van der Waals surface area contributed by atoms with Crippen LogP contribution in [0.5, 0.6) is 0 Å². The first-order valence-electron chi connectivity index (χ1n) is 6.74. The van der Waals surface area contributed by atoms with Gasteiger partial charge in [-0.25, -0.2) is 4.79 Å². The van der Waals surface area contributed by atoms with Crippen molar-refractivity contribution in [3.63, 3.8) is 0 Å². The van der Waals surface area contributed by atoms with Crippen molar-refractivity contribution in [3.8, 4) is 0 Å². The molecule has 0 aromatic heterocycles. The largest absolute Gasteiger partial charge is 0.462 e. The zero-order chi connectivity index (χ0) is 16.3. The molecule has 0 fully saturated rings. The number of hydrogen-bond acceptors (Lipinski definition) is 2. The lowest BCUT2D eigenvalue weighted by atomic mass is 9.95. The van der Waals surface area contributed by atoms with Crippen molar-refractivity contribution in [2.45, 2.75) is 19.5 Å². The van der Waals surface area contributed by atoms with E-state index in [2.05, 4.69) is 15.9 Å². The molecule has 0 saturated heterocycles. The van der Waals surface area contributed by atoms with E-state index in [-0.39, 0.29) is 17.6 Å². The number of aryl methyl sites for hydroxylation is 1. The third-order valence-electron chi connectivity index (χ3n) is 3.26. The minimum Gasteiger partial charge on any atom is -0.462 e. The van der Waals surface area contributed by atoms with Gasteiger partial charge in [-0.2, -0.15) is 13.2 Å². The molecule has 0 spiro atoms. The Morgan fingerprint density at radius 2 is 1.95 bits per heavy atom. The average molecular weight is 375 g/mol. The van der Waals surface area contributed by atoms with Gasteiger partial charge in [0, 0.05) is 5.33 Å². The van der Waals surface area contributed by atoms with Crippen LogP contribution in [-0.4, -0.2) is 17.9 Å². The Hall–Kier alpha value is -1.56. The summed E-state index contributed by atoms with van der Waals surface area (Å²) in [6, 6.07) is 6.90. The summed E-state index contributed by atoms with van der Waals surface area (Å²) >= 11 is 3.28. The standard InChI is InChI=1S/C16H14BrF3O2/c1-2-22-15(21)11-8-10(6-7-17)12-4-3-5-14(13(12)9-11)16(18,19)20/h3-5,8-9H,2,6-7H2,1H3. The van der Waals surface area contributed by atoms with Crippen LogP contribution in [0.3, 0.4) is 0 Å². The molecule has 2 rings (SSSR count). The summed E-state index contributed by atoms with van der Waals surface area (Å²) in [4.78, 5) is 11.9. The topological polar surface area (TPSA) is 26.3 Å². The maximum absolute atomic E-state index is 13.2. The van der Waals surface area contributed by atoms with Gasteiger partial charge >= 0.3 is 12.1 Å². The van der Waals surface area contributed by atoms with Gasteiger partial charge in [0.25, 0.3) is 0 Å². The number of benzene rings is 2. The molecule has 22 heavy (non-hydrogen) atoms. The quantitative estimate of drug-likeness (QED) is 0.557. The summed E-state index contributed by atoms with van der Waals surface area (Å²) in [6.45, 7) is 1.82. The van der Waals surface area contributed by atoms with Crippen LogP contribution in [0.2, 0.25) is 0 Å². The van der Waals surface area contributed by atoms with Gasteiger partial charge in [0.2, 0.25) is 0 Å². The molecule has 2 nitrogen and oxygen atoms in total. The van der Waals surface area contributed by atoms with E-state index in [9.17, 15) is 18.0 Å². The van der Waals surface area contributed by atoms with Crippen LogP contribution < -0.4 is 0 Å². The van der Waals surface area contributed by atoms with Crippen molar-refractivity contribution < 1.29 is 22.7 Å². The van der Waals surface area contributed by atoms with Crippen molar-refractivity contribution in [2.24, 2.45) is 0 Å². The first-order valence-corrected chi connectivity index (χ1v) is 7.86. The zero-order valence-corrected chi connectivity index (χ0v) is 13.4. The van der Waals surface area contributed by atoms with Crippen molar-refractivity contribution in [1.82, 2.24) is 0 Å². The number of carbonyl (C=O) groups is 1. The number of fused-ring (bicyclic) bond motifs is 1. The SMILES string of the molecule is CCOC(=O)c1cc(CCBr)c2cccc(C(F)(F)F)c2c1. The summed E-state index contributed by atoms with van der Waals surface area (Å²) in [5, 5.41) is 1.11. The first-order chi connectivity index (χ1) is 10.4. The monoisotopic (exact) mass is 374 g/mol. The predicted octanol–water partition coefficient (Wildman–Crippen LogP) is 4.97. The lowest BCUT2D eigenvalue weighted by molar-refractivity contribution is -0.136. The second-order valence-corrected chi connectivity index (χ2v) is 5.49. The number of esters is 1. The predicted molar refractivity (Wildman–Crippen MR) is 82.4 cm³/mol. The lowest BCUT2D eigenvalue weighted by Gasteiger charge is -2.14. The van der Waals surface area contributed by atoms with Crippen molar-refractivity contribution in [3.05, 3.63) is 47.0 Å². The molecule has 0 radical (unpaired) electrons.